The van der Waals surface area contributed by atoms with Crippen LogP contribution in [0.3, 0.4) is 0 Å². The molecule has 0 bridgehead atoms. The van der Waals surface area contributed by atoms with Gasteiger partial charge < -0.3 is 15.8 Å². The summed E-state index contributed by atoms with van der Waals surface area (Å²) in [4.78, 5) is 11.6. The molecule has 0 unspecified atom stereocenters. The molecule has 2 rings (SSSR count). The summed E-state index contributed by atoms with van der Waals surface area (Å²) in [6.45, 7) is 2.45. The molecule has 20 heavy (non-hydrogen) atoms. The lowest BCUT2D eigenvalue weighted by Gasteiger charge is -2.24. The molecule has 1 fully saturated rings. The van der Waals surface area contributed by atoms with Gasteiger partial charge in [0, 0.05) is 23.7 Å². The SMILES string of the molecule is NC(=O)[C@H](CCNC1CCOCC1)c1ccc(Br)cc1. The number of carbonyl (C=O) groups is 1. The summed E-state index contributed by atoms with van der Waals surface area (Å²) in [5.74, 6) is -0.489. The first-order valence-electron chi connectivity index (χ1n) is 7.02. The van der Waals surface area contributed by atoms with E-state index in [1.165, 1.54) is 0 Å². The molecule has 0 saturated carbocycles. The largest absolute Gasteiger partial charge is 0.381 e. The lowest BCUT2D eigenvalue weighted by atomic mass is 9.95. The number of nitrogens with two attached hydrogens (primary N) is 1. The first-order valence-corrected chi connectivity index (χ1v) is 7.82. The smallest absolute Gasteiger partial charge is 0.225 e. The Morgan fingerprint density at radius 2 is 2.00 bits per heavy atom. The number of rotatable bonds is 6. The van der Waals surface area contributed by atoms with Crippen molar-refractivity contribution in [3.8, 4) is 0 Å². The van der Waals surface area contributed by atoms with Crippen molar-refractivity contribution in [3.05, 3.63) is 34.3 Å². The second-order valence-electron chi connectivity index (χ2n) is 5.14. The molecular formula is C15H21BrN2O2. The van der Waals surface area contributed by atoms with Crippen LogP contribution < -0.4 is 11.1 Å². The zero-order valence-electron chi connectivity index (χ0n) is 11.5. The van der Waals surface area contributed by atoms with Gasteiger partial charge in [-0.2, -0.15) is 0 Å². The Bertz CT molecular complexity index is 430. The molecule has 3 N–H and O–H groups in total. The van der Waals surface area contributed by atoms with E-state index >= 15 is 0 Å². The molecule has 5 heteroatoms. The number of primary amides is 1. The fourth-order valence-electron chi connectivity index (χ4n) is 2.50. The number of hydrogen-bond acceptors (Lipinski definition) is 3. The molecule has 0 spiro atoms. The van der Waals surface area contributed by atoms with Crippen molar-refractivity contribution in [1.29, 1.82) is 0 Å². The number of nitrogens with one attached hydrogen (secondary N) is 1. The summed E-state index contributed by atoms with van der Waals surface area (Å²) >= 11 is 3.40. The number of benzene rings is 1. The van der Waals surface area contributed by atoms with Crippen LogP contribution >= 0.6 is 15.9 Å². The molecule has 1 aromatic carbocycles. The zero-order chi connectivity index (χ0) is 14.4. The van der Waals surface area contributed by atoms with Crippen molar-refractivity contribution in [3.63, 3.8) is 0 Å². The second-order valence-corrected chi connectivity index (χ2v) is 6.05. The Morgan fingerprint density at radius 3 is 2.60 bits per heavy atom. The maximum Gasteiger partial charge on any atom is 0.225 e. The molecule has 1 atom stereocenters. The Morgan fingerprint density at radius 1 is 1.35 bits per heavy atom. The van der Waals surface area contributed by atoms with Crippen molar-refractivity contribution in [1.82, 2.24) is 5.32 Å². The van der Waals surface area contributed by atoms with E-state index in [0.29, 0.717) is 6.04 Å². The quantitative estimate of drug-likeness (QED) is 0.834. The Hall–Kier alpha value is -0.910. The standard InChI is InChI=1S/C15H21BrN2O2/c16-12-3-1-11(2-4-12)14(15(17)19)5-8-18-13-6-9-20-10-7-13/h1-4,13-14,18H,5-10H2,(H2,17,19)/t14-/m1/s1. The summed E-state index contributed by atoms with van der Waals surface area (Å²) in [6.07, 6.45) is 2.81. The molecule has 110 valence electrons. The lowest BCUT2D eigenvalue weighted by Crippen LogP contribution is -2.36. The van der Waals surface area contributed by atoms with Gasteiger partial charge in [-0.3, -0.25) is 4.79 Å². The highest BCUT2D eigenvalue weighted by molar-refractivity contribution is 9.10. The molecule has 0 radical (unpaired) electrons. The molecule has 1 aliphatic heterocycles. The third kappa shape index (κ3) is 4.58. The van der Waals surface area contributed by atoms with E-state index in [2.05, 4.69) is 21.2 Å². The first kappa shape index (κ1) is 15.5. The van der Waals surface area contributed by atoms with E-state index in [1.807, 2.05) is 24.3 Å². The van der Waals surface area contributed by atoms with Crippen LogP contribution in [0.2, 0.25) is 0 Å². The molecule has 0 aromatic heterocycles. The van der Waals surface area contributed by atoms with Gasteiger partial charge in [0.15, 0.2) is 0 Å². The van der Waals surface area contributed by atoms with Crippen LogP contribution in [-0.4, -0.2) is 31.7 Å². The highest BCUT2D eigenvalue weighted by atomic mass is 79.9. The number of halogens is 1. The highest BCUT2D eigenvalue weighted by Crippen LogP contribution is 2.21. The van der Waals surface area contributed by atoms with Gasteiger partial charge >= 0.3 is 0 Å². The van der Waals surface area contributed by atoms with E-state index in [1.54, 1.807) is 0 Å². The molecule has 1 heterocycles. The fraction of sp³-hybridized carbons (Fsp3) is 0.533. The summed E-state index contributed by atoms with van der Waals surface area (Å²) < 4.78 is 6.33. The monoisotopic (exact) mass is 340 g/mol. The van der Waals surface area contributed by atoms with Crippen LogP contribution in [0.15, 0.2) is 28.7 Å². The normalized spacial score (nSPS) is 17.9. The van der Waals surface area contributed by atoms with E-state index in [-0.39, 0.29) is 11.8 Å². The maximum absolute atomic E-state index is 11.6. The zero-order valence-corrected chi connectivity index (χ0v) is 13.1. The van der Waals surface area contributed by atoms with Gasteiger partial charge in [0.05, 0.1) is 5.92 Å². The van der Waals surface area contributed by atoms with Gasteiger partial charge in [0.25, 0.3) is 0 Å². The Balaban J connectivity index is 1.86. The summed E-state index contributed by atoms with van der Waals surface area (Å²) in [6, 6.07) is 8.29. The predicted octanol–water partition coefficient (Wildman–Crippen LogP) is 2.18. The van der Waals surface area contributed by atoms with Gasteiger partial charge in [-0.05, 0) is 43.5 Å². The Labute approximate surface area is 128 Å². The predicted molar refractivity (Wildman–Crippen MR) is 82.5 cm³/mol. The van der Waals surface area contributed by atoms with Crippen LogP contribution in [0.25, 0.3) is 0 Å². The molecule has 1 aromatic rings. The van der Waals surface area contributed by atoms with Gasteiger partial charge in [-0.15, -0.1) is 0 Å². The van der Waals surface area contributed by atoms with E-state index < -0.39 is 0 Å². The van der Waals surface area contributed by atoms with Crippen molar-refractivity contribution < 1.29 is 9.53 Å². The van der Waals surface area contributed by atoms with Gasteiger partial charge in [-0.1, -0.05) is 28.1 Å². The number of hydrogen-bond donors (Lipinski definition) is 2. The van der Waals surface area contributed by atoms with E-state index in [4.69, 9.17) is 10.5 Å². The van der Waals surface area contributed by atoms with Crippen LogP contribution in [0.1, 0.15) is 30.7 Å². The maximum atomic E-state index is 11.6. The second kappa shape index (κ2) is 7.76. The summed E-state index contributed by atoms with van der Waals surface area (Å²) in [5, 5.41) is 3.49. The minimum absolute atomic E-state index is 0.226. The molecule has 0 aliphatic carbocycles. The third-order valence-electron chi connectivity index (χ3n) is 3.70. The van der Waals surface area contributed by atoms with Crippen LogP contribution in [0, 0.1) is 0 Å². The van der Waals surface area contributed by atoms with Gasteiger partial charge in [0.1, 0.15) is 0 Å². The summed E-state index contributed by atoms with van der Waals surface area (Å²) in [5.41, 5.74) is 6.51. The Kier molecular flexibility index (Phi) is 6.01. The molecule has 1 amide bonds. The lowest BCUT2D eigenvalue weighted by molar-refractivity contribution is -0.119. The first-order chi connectivity index (χ1) is 9.66. The van der Waals surface area contributed by atoms with Gasteiger partial charge in [-0.25, -0.2) is 0 Å². The van der Waals surface area contributed by atoms with Crippen molar-refractivity contribution >= 4 is 21.8 Å². The van der Waals surface area contributed by atoms with Crippen molar-refractivity contribution in [2.24, 2.45) is 5.73 Å². The summed E-state index contributed by atoms with van der Waals surface area (Å²) in [7, 11) is 0. The van der Waals surface area contributed by atoms with Crippen LogP contribution in [0.4, 0.5) is 0 Å². The van der Waals surface area contributed by atoms with Crippen LogP contribution in [-0.2, 0) is 9.53 Å². The highest BCUT2D eigenvalue weighted by Gasteiger charge is 2.19. The minimum atomic E-state index is -0.263. The molecular weight excluding hydrogens is 320 g/mol. The number of carbonyl (C=O) groups excluding carboxylic acids is 1. The molecule has 1 aliphatic rings. The number of amides is 1. The van der Waals surface area contributed by atoms with Gasteiger partial charge in [0.2, 0.25) is 5.91 Å². The molecule has 4 nitrogen and oxygen atoms in total. The average Bonchev–Trinajstić information content (AvgIpc) is 2.46. The fourth-order valence-corrected chi connectivity index (χ4v) is 2.77. The van der Waals surface area contributed by atoms with Crippen LogP contribution in [0.5, 0.6) is 0 Å². The minimum Gasteiger partial charge on any atom is -0.381 e. The van der Waals surface area contributed by atoms with E-state index in [0.717, 1.165) is 49.1 Å². The third-order valence-corrected chi connectivity index (χ3v) is 4.23. The average molecular weight is 341 g/mol. The van der Waals surface area contributed by atoms with Crippen molar-refractivity contribution in [2.45, 2.75) is 31.2 Å². The van der Waals surface area contributed by atoms with E-state index in [9.17, 15) is 4.79 Å². The van der Waals surface area contributed by atoms with Crippen molar-refractivity contribution in [2.75, 3.05) is 19.8 Å². The molecule has 1 saturated heterocycles. The number of ether oxygens (including phenoxy) is 1. The topological polar surface area (TPSA) is 64.4 Å².